The maximum absolute atomic E-state index is 11.9. The zero-order chi connectivity index (χ0) is 21.1. The minimum Gasteiger partial charge on any atom is -0.482 e. The van der Waals surface area contributed by atoms with Gasteiger partial charge in [-0.1, -0.05) is 18.2 Å². The Hall–Kier alpha value is -3.68. The van der Waals surface area contributed by atoms with Crippen molar-refractivity contribution < 1.29 is 23.9 Å². The third-order valence-corrected chi connectivity index (χ3v) is 3.69. The molecule has 0 fully saturated rings. The fourth-order valence-corrected chi connectivity index (χ4v) is 2.27. The number of nitrogens with zero attached hydrogens (tertiary/aromatic N) is 1. The number of hydrogen-bond donors (Lipinski definition) is 2. The van der Waals surface area contributed by atoms with Crippen LogP contribution in [0, 0.1) is 6.92 Å². The summed E-state index contributed by atoms with van der Waals surface area (Å²) in [5.41, 5.74) is 4.59. The number of carbonyl (C=O) groups excluding carboxylic acids is 3. The fraction of sp³-hybridized carbons (Fsp3) is 0.238. The largest absolute Gasteiger partial charge is 0.482 e. The first-order valence-electron chi connectivity index (χ1n) is 9.03. The summed E-state index contributed by atoms with van der Waals surface area (Å²) < 4.78 is 10.1. The molecule has 0 aromatic heterocycles. The molecule has 2 N–H and O–H groups in total. The first-order chi connectivity index (χ1) is 14.0. The van der Waals surface area contributed by atoms with Gasteiger partial charge in [-0.15, -0.1) is 0 Å². The SMILES string of the molecule is CCOC(=O)COc1ccc(C=NNC(=O)CC(=O)Nc2ccccc2C)cc1. The minimum atomic E-state index is -0.526. The number of para-hydroxylation sites is 1. The number of rotatable bonds is 9. The molecule has 2 aromatic carbocycles. The number of esters is 1. The van der Waals surface area contributed by atoms with Crippen LogP contribution in [0.5, 0.6) is 5.75 Å². The van der Waals surface area contributed by atoms with Crippen LogP contribution in [0.1, 0.15) is 24.5 Å². The normalized spacial score (nSPS) is 10.4. The van der Waals surface area contributed by atoms with Crippen molar-refractivity contribution in [2.45, 2.75) is 20.3 Å². The molecule has 0 saturated carbocycles. The Kier molecular flexibility index (Phi) is 8.37. The minimum absolute atomic E-state index is 0.165. The Labute approximate surface area is 168 Å². The smallest absolute Gasteiger partial charge is 0.344 e. The molecule has 2 amide bonds. The number of amides is 2. The molecule has 8 heteroatoms. The summed E-state index contributed by atoms with van der Waals surface area (Å²) in [6.07, 6.45) is 1.10. The van der Waals surface area contributed by atoms with E-state index in [1.807, 2.05) is 19.1 Å². The second-order valence-electron chi connectivity index (χ2n) is 6.00. The van der Waals surface area contributed by atoms with Gasteiger partial charge in [-0.2, -0.15) is 5.10 Å². The fourth-order valence-electron chi connectivity index (χ4n) is 2.27. The highest BCUT2D eigenvalue weighted by Gasteiger charge is 2.10. The quantitative estimate of drug-likeness (QED) is 0.293. The highest BCUT2D eigenvalue weighted by Crippen LogP contribution is 2.13. The van der Waals surface area contributed by atoms with Gasteiger partial charge < -0.3 is 14.8 Å². The van der Waals surface area contributed by atoms with E-state index in [0.29, 0.717) is 23.6 Å². The van der Waals surface area contributed by atoms with E-state index in [-0.39, 0.29) is 13.0 Å². The predicted molar refractivity (Wildman–Crippen MR) is 109 cm³/mol. The van der Waals surface area contributed by atoms with Crippen LogP contribution in [-0.4, -0.2) is 37.2 Å². The molecule has 0 heterocycles. The number of benzene rings is 2. The molecule has 0 unspecified atom stereocenters. The standard InChI is InChI=1S/C21H23N3O5/c1-3-28-21(27)14-29-17-10-8-16(9-11-17)13-22-24-20(26)12-19(25)23-18-7-5-4-6-15(18)2/h4-11,13H,3,12,14H2,1-2H3,(H,23,25)(H,24,26). The number of aryl methyl sites for hydroxylation is 1. The van der Waals surface area contributed by atoms with Gasteiger partial charge in [-0.3, -0.25) is 9.59 Å². The Bertz CT molecular complexity index is 878. The molecule has 152 valence electrons. The number of ether oxygens (including phenoxy) is 2. The lowest BCUT2D eigenvalue weighted by atomic mass is 10.2. The monoisotopic (exact) mass is 397 g/mol. The van der Waals surface area contributed by atoms with E-state index in [1.165, 1.54) is 6.21 Å². The Morgan fingerprint density at radius 1 is 1.03 bits per heavy atom. The maximum Gasteiger partial charge on any atom is 0.344 e. The summed E-state index contributed by atoms with van der Waals surface area (Å²) >= 11 is 0. The van der Waals surface area contributed by atoms with Crippen LogP contribution in [0.3, 0.4) is 0 Å². The summed E-state index contributed by atoms with van der Waals surface area (Å²) in [7, 11) is 0. The maximum atomic E-state index is 11.9. The van der Waals surface area contributed by atoms with Crippen LogP contribution >= 0.6 is 0 Å². The number of anilines is 1. The van der Waals surface area contributed by atoms with Gasteiger partial charge in [0, 0.05) is 5.69 Å². The van der Waals surface area contributed by atoms with Crippen molar-refractivity contribution in [1.29, 1.82) is 0 Å². The van der Waals surface area contributed by atoms with Crippen LogP contribution in [-0.2, 0) is 19.1 Å². The van der Waals surface area contributed by atoms with Gasteiger partial charge in [0.25, 0.3) is 0 Å². The van der Waals surface area contributed by atoms with Gasteiger partial charge in [-0.05, 0) is 55.3 Å². The van der Waals surface area contributed by atoms with Crippen molar-refractivity contribution in [1.82, 2.24) is 5.43 Å². The lowest BCUT2D eigenvalue weighted by Crippen LogP contribution is -2.24. The van der Waals surface area contributed by atoms with Crippen LogP contribution in [0.4, 0.5) is 5.69 Å². The topological polar surface area (TPSA) is 106 Å². The van der Waals surface area contributed by atoms with Crippen LogP contribution < -0.4 is 15.5 Å². The highest BCUT2D eigenvalue weighted by molar-refractivity contribution is 6.04. The lowest BCUT2D eigenvalue weighted by molar-refractivity contribution is -0.145. The molecule has 0 radical (unpaired) electrons. The second-order valence-corrected chi connectivity index (χ2v) is 6.00. The predicted octanol–water partition coefficient (Wildman–Crippen LogP) is 2.42. The zero-order valence-corrected chi connectivity index (χ0v) is 16.3. The molecular weight excluding hydrogens is 374 g/mol. The lowest BCUT2D eigenvalue weighted by Gasteiger charge is -2.07. The number of hydrazone groups is 1. The first-order valence-corrected chi connectivity index (χ1v) is 9.03. The average molecular weight is 397 g/mol. The average Bonchev–Trinajstić information content (AvgIpc) is 2.69. The molecule has 8 nitrogen and oxygen atoms in total. The summed E-state index contributed by atoms with van der Waals surface area (Å²) in [5.74, 6) is -0.878. The Morgan fingerprint density at radius 2 is 1.76 bits per heavy atom. The van der Waals surface area contributed by atoms with E-state index in [9.17, 15) is 14.4 Å². The molecule has 0 aliphatic heterocycles. The van der Waals surface area contributed by atoms with Crippen molar-refractivity contribution in [2.75, 3.05) is 18.5 Å². The molecule has 29 heavy (non-hydrogen) atoms. The van der Waals surface area contributed by atoms with E-state index in [1.54, 1.807) is 43.3 Å². The molecule has 2 rings (SSSR count). The summed E-state index contributed by atoms with van der Waals surface area (Å²) in [6, 6.07) is 14.1. The molecule has 0 bridgehead atoms. The molecule has 2 aromatic rings. The van der Waals surface area contributed by atoms with Crippen molar-refractivity contribution in [3.05, 3.63) is 59.7 Å². The van der Waals surface area contributed by atoms with Crippen LogP contribution in [0.2, 0.25) is 0 Å². The van der Waals surface area contributed by atoms with Gasteiger partial charge in [0.05, 0.1) is 12.8 Å². The van der Waals surface area contributed by atoms with E-state index < -0.39 is 17.8 Å². The number of carbonyl (C=O) groups is 3. The third kappa shape index (κ3) is 7.84. The molecular formula is C21H23N3O5. The van der Waals surface area contributed by atoms with Gasteiger partial charge in [0.15, 0.2) is 6.61 Å². The van der Waals surface area contributed by atoms with Crippen molar-refractivity contribution in [2.24, 2.45) is 5.10 Å². The highest BCUT2D eigenvalue weighted by atomic mass is 16.6. The summed E-state index contributed by atoms with van der Waals surface area (Å²) in [6.45, 7) is 3.73. The third-order valence-electron chi connectivity index (χ3n) is 3.69. The van der Waals surface area contributed by atoms with E-state index in [2.05, 4.69) is 15.8 Å². The summed E-state index contributed by atoms with van der Waals surface area (Å²) in [4.78, 5) is 35.0. The van der Waals surface area contributed by atoms with E-state index in [4.69, 9.17) is 9.47 Å². The summed E-state index contributed by atoms with van der Waals surface area (Å²) in [5, 5.41) is 6.51. The molecule has 0 atom stereocenters. The van der Waals surface area contributed by atoms with E-state index >= 15 is 0 Å². The van der Waals surface area contributed by atoms with Gasteiger partial charge in [-0.25, -0.2) is 10.2 Å². The van der Waals surface area contributed by atoms with Crippen molar-refractivity contribution in [3.8, 4) is 5.75 Å². The van der Waals surface area contributed by atoms with Crippen molar-refractivity contribution >= 4 is 29.7 Å². The molecule has 0 aliphatic carbocycles. The molecule has 0 aliphatic rings. The van der Waals surface area contributed by atoms with Gasteiger partial charge in [0.1, 0.15) is 12.2 Å². The Balaban J connectivity index is 1.75. The van der Waals surface area contributed by atoms with Gasteiger partial charge in [0.2, 0.25) is 11.8 Å². The van der Waals surface area contributed by atoms with Crippen molar-refractivity contribution in [3.63, 3.8) is 0 Å². The Morgan fingerprint density at radius 3 is 2.45 bits per heavy atom. The number of nitrogens with one attached hydrogen (secondary N) is 2. The molecule has 0 saturated heterocycles. The number of hydrogen-bond acceptors (Lipinski definition) is 6. The van der Waals surface area contributed by atoms with E-state index in [0.717, 1.165) is 5.56 Å². The second kappa shape index (κ2) is 11.2. The zero-order valence-electron chi connectivity index (χ0n) is 16.3. The first kappa shape index (κ1) is 21.6. The van der Waals surface area contributed by atoms with Crippen LogP contribution in [0.15, 0.2) is 53.6 Å². The van der Waals surface area contributed by atoms with Gasteiger partial charge >= 0.3 is 5.97 Å². The molecule has 0 spiro atoms. The van der Waals surface area contributed by atoms with Crippen LogP contribution in [0.25, 0.3) is 0 Å².